The van der Waals surface area contributed by atoms with Gasteiger partial charge in [0, 0.05) is 22.2 Å². The molecule has 5 nitrogen and oxygen atoms in total. The first-order chi connectivity index (χ1) is 16.4. The van der Waals surface area contributed by atoms with Crippen molar-refractivity contribution in [2.75, 3.05) is 4.90 Å². The summed E-state index contributed by atoms with van der Waals surface area (Å²) in [6.07, 6.45) is 3.60. The van der Waals surface area contributed by atoms with Crippen LogP contribution >= 0.6 is 11.6 Å². The number of hydrogen-bond acceptors (Lipinski definition) is 4. The quantitative estimate of drug-likeness (QED) is 0.557. The van der Waals surface area contributed by atoms with Crippen molar-refractivity contribution < 1.29 is 14.0 Å². The van der Waals surface area contributed by atoms with E-state index in [0.29, 0.717) is 16.3 Å². The third kappa shape index (κ3) is 3.12. The van der Waals surface area contributed by atoms with E-state index in [1.165, 1.54) is 24.3 Å². The van der Waals surface area contributed by atoms with Crippen molar-refractivity contribution in [1.82, 2.24) is 0 Å². The average molecular weight is 472 g/mol. The lowest BCUT2D eigenvalue weighted by molar-refractivity contribution is -0.125. The predicted molar refractivity (Wildman–Crippen MR) is 128 cm³/mol. The molecule has 0 spiro atoms. The highest BCUT2D eigenvalue weighted by Gasteiger charge is 2.65. The van der Waals surface area contributed by atoms with Gasteiger partial charge in [-0.05, 0) is 53.6 Å². The lowest BCUT2D eigenvalue weighted by atomic mass is 9.67. The minimum absolute atomic E-state index is 0.273. The number of primary amides is 1. The van der Waals surface area contributed by atoms with E-state index in [1.807, 2.05) is 35.2 Å². The summed E-state index contributed by atoms with van der Waals surface area (Å²) in [5.41, 5.74) is 6.63. The summed E-state index contributed by atoms with van der Waals surface area (Å²) in [5.74, 6) is -2.52. The van der Waals surface area contributed by atoms with Crippen LogP contribution < -0.4 is 10.6 Å². The molecule has 2 heterocycles. The summed E-state index contributed by atoms with van der Waals surface area (Å²) in [4.78, 5) is 28.9. The molecule has 2 aliphatic rings. The van der Waals surface area contributed by atoms with Crippen LogP contribution in [-0.4, -0.2) is 23.8 Å². The number of Topliss-reactive ketones (excluding diaryl/α,β-unsaturated/α-hetero) is 1. The highest BCUT2D eigenvalue weighted by atomic mass is 35.5. The summed E-state index contributed by atoms with van der Waals surface area (Å²) in [6, 6.07) is 19.9. The highest BCUT2D eigenvalue weighted by Crippen LogP contribution is 2.55. The molecule has 0 bridgehead atoms. The Morgan fingerprint density at radius 1 is 1.03 bits per heavy atom. The van der Waals surface area contributed by atoms with Gasteiger partial charge in [0.05, 0.1) is 12.1 Å². The lowest BCUT2D eigenvalue weighted by Gasteiger charge is -2.36. The topological polar surface area (TPSA) is 87.2 Å². The van der Waals surface area contributed by atoms with Gasteiger partial charge in [0.2, 0.25) is 5.91 Å². The molecular formula is C27H19ClFN3O2. The summed E-state index contributed by atoms with van der Waals surface area (Å²) in [7, 11) is 0. The van der Waals surface area contributed by atoms with E-state index in [9.17, 15) is 19.2 Å². The van der Waals surface area contributed by atoms with E-state index in [2.05, 4.69) is 6.07 Å². The van der Waals surface area contributed by atoms with Crippen LogP contribution in [0.3, 0.4) is 0 Å². The number of hydrogen-bond donors (Lipinski definition) is 1. The monoisotopic (exact) mass is 471 g/mol. The highest BCUT2D eigenvalue weighted by molar-refractivity contribution is 6.30. The molecule has 4 atom stereocenters. The van der Waals surface area contributed by atoms with Crippen LogP contribution in [0.5, 0.6) is 0 Å². The van der Waals surface area contributed by atoms with E-state index in [1.54, 1.807) is 30.3 Å². The number of anilines is 1. The summed E-state index contributed by atoms with van der Waals surface area (Å²) >= 11 is 6.10. The predicted octanol–water partition coefficient (Wildman–Crippen LogP) is 4.73. The molecule has 2 N–H and O–H groups in total. The maximum atomic E-state index is 14.0. The molecule has 0 radical (unpaired) electrons. The molecule has 1 fully saturated rings. The zero-order valence-corrected chi connectivity index (χ0v) is 18.6. The number of nitriles is 1. The fraction of sp³-hybridized carbons (Fsp3) is 0.148. The van der Waals surface area contributed by atoms with Crippen molar-refractivity contribution in [2.45, 2.75) is 18.0 Å². The third-order valence-corrected chi connectivity index (χ3v) is 7.02. The van der Waals surface area contributed by atoms with Crippen LogP contribution in [0.1, 0.15) is 27.4 Å². The van der Waals surface area contributed by atoms with Gasteiger partial charge in [-0.25, -0.2) is 4.39 Å². The molecular weight excluding hydrogens is 453 g/mol. The van der Waals surface area contributed by atoms with Crippen molar-refractivity contribution >= 4 is 35.1 Å². The number of nitrogens with zero attached hydrogens (tertiary/aromatic N) is 2. The summed E-state index contributed by atoms with van der Waals surface area (Å²) < 4.78 is 13.6. The standard InChI is InChI=1S/C27H19ClFN3O2/c28-19-10-5-17(6-11-19)23-24(25(33)18-7-12-20(29)13-8-18)32-21-4-2-1-3-16(21)9-14-22(32)27(23,15-30)26(31)34/h1-14,22-24H,(H2,31,34)/t22-,23+,24+,27+/m1/s1. The second-order valence-electron chi connectivity index (χ2n) is 8.46. The second kappa shape index (κ2) is 8.12. The van der Waals surface area contributed by atoms with E-state index >= 15 is 0 Å². The van der Waals surface area contributed by atoms with Crippen molar-refractivity contribution in [2.24, 2.45) is 11.1 Å². The van der Waals surface area contributed by atoms with E-state index < -0.39 is 35.1 Å². The fourth-order valence-corrected chi connectivity index (χ4v) is 5.38. The van der Waals surface area contributed by atoms with Crippen molar-refractivity contribution in [3.8, 4) is 6.07 Å². The van der Waals surface area contributed by atoms with Crippen LogP contribution in [0.15, 0.2) is 78.9 Å². The normalized spacial score (nSPS) is 24.7. The zero-order valence-electron chi connectivity index (χ0n) is 17.9. The molecule has 0 saturated carbocycles. The van der Waals surface area contributed by atoms with E-state index in [0.717, 1.165) is 5.56 Å². The molecule has 34 heavy (non-hydrogen) atoms. The molecule has 0 unspecified atom stereocenters. The number of nitrogens with two attached hydrogens (primary N) is 1. The molecule has 1 saturated heterocycles. The van der Waals surface area contributed by atoms with Gasteiger partial charge in [0.25, 0.3) is 0 Å². The molecule has 1 amide bonds. The first kappa shape index (κ1) is 21.9. The van der Waals surface area contributed by atoms with Gasteiger partial charge in [0.15, 0.2) is 11.2 Å². The number of fused-ring (bicyclic) bond motifs is 3. The minimum Gasteiger partial charge on any atom is -0.368 e. The van der Waals surface area contributed by atoms with Crippen LogP contribution in [-0.2, 0) is 4.79 Å². The molecule has 168 valence electrons. The zero-order chi connectivity index (χ0) is 24.0. The van der Waals surface area contributed by atoms with Gasteiger partial charge in [-0.3, -0.25) is 9.59 Å². The number of carbonyl (C=O) groups excluding carboxylic acids is 2. The Balaban J connectivity index is 1.80. The largest absolute Gasteiger partial charge is 0.368 e. The number of halogens is 2. The first-order valence-corrected chi connectivity index (χ1v) is 11.1. The SMILES string of the molecule is N#C[C@@]1(C(N)=O)[C@@H](c2ccc(Cl)cc2)[C@@H](C(=O)c2ccc(F)cc2)N2c3ccccc3C=C[C@@H]21. The molecule has 7 heteroatoms. The van der Waals surface area contributed by atoms with E-state index in [-0.39, 0.29) is 11.3 Å². The van der Waals surface area contributed by atoms with Crippen molar-refractivity contribution in [3.05, 3.63) is 106 Å². The number of rotatable bonds is 4. The molecule has 0 aliphatic carbocycles. The Labute approximate surface area is 200 Å². The number of para-hydroxylation sites is 1. The number of amides is 1. The van der Waals surface area contributed by atoms with E-state index in [4.69, 9.17) is 17.3 Å². The Morgan fingerprint density at radius 3 is 2.35 bits per heavy atom. The van der Waals surface area contributed by atoms with Crippen LogP contribution in [0, 0.1) is 22.6 Å². The summed E-state index contributed by atoms with van der Waals surface area (Å²) in [5, 5.41) is 10.9. The lowest BCUT2D eigenvalue weighted by Crippen LogP contribution is -2.49. The van der Waals surface area contributed by atoms with Crippen molar-refractivity contribution in [3.63, 3.8) is 0 Å². The Morgan fingerprint density at radius 2 is 1.71 bits per heavy atom. The Kier molecular flexibility index (Phi) is 5.22. The first-order valence-electron chi connectivity index (χ1n) is 10.7. The molecule has 0 aromatic heterocycles. The number of ketones is 1. The number of carbonyl (C=O) groups is 2. The molecule has 5 rings (SSSR count). The second-order valence-corrected chi connectivity index (χ2v) is 8.90. The van der Waals surface area contributed by atoms with Gasteiger partial charge in [-0.15, -0.1) is 0 Å². The van der Waals surface area contributed by atoms with Crippen LogP contribution in [0.4, 0.5) is 10.1 Å². The minimum atomic E-state index is -1.74. The maximum Gasteiger partial charge on any atom is 0.241 e. The van der Waals surface area contributed by atoms with Gasteiger partial charge < -0.3 is 10.6 Å². The maximum absolute atomic E-state index is 14.0. The van der Waals surface area contributed by atoms with Gasteiger partial charge in [0.1, 0.15) is 11.9 Å². The van der Waals surface area contributed by atoms with Gasteiger partial charge in [-0.1, -0.05) is 54.1 Å². The van der Waals surface area contributed by atoms with Crippen LogP contribution in [0.2, 0.25) is 5.02 Å². The molecule has 3 aromatic carbocycles. The molecule has 2 aliphatic heterocycles. The third-order valence-electron chi connectivity index (χ3n) is 6.76. The van der Waals surface area contributed by atoms with Gasteiger partial charge in [-0.2, -0.15) is 5.26 Å². The van der Waals surface area contributed by atoms with Crippen molar-refractivity contribution in [1.29, 1.82) is 5.26 Å². The average Bonchev–Trinajstić information content (AvgIpc) is 3.16. The fourth-order valence-electron chi connectivity index (χ4n) is 5.26. The van der Waals surface area contributed by atoms with Crippen LogP contribution in [0.25, 0.3) is 6.08 Å². The summed E-state index contributed by atoms with van der Waals surface area (Å²) in [6.45, 7) is 0. The van der Waals surface area contributed by atoms with Gasteiger partial charge >= 0.3 is 0 Å². The smallest absolute Gasteiger partial charge is 0.241 e. The Bertz CT molecular complexity index is 1360. The Hall–Kier alpha value is -3.95. The molecule has 3 aromatic rings. The number of benzene rings is 3.